The third kappa shape index (κ3) is 3.23. The highest BCUT2D eigenvalue weighted by atomic mass is 16.1. The summed E-state index contributed by atoms with van der Waals surface area (Å²) in [7, 11) is 0. The lowest BCUT2D eigenvalue weighted by molar-refractivity contribution is -0.127. The zero-order chi connectivity index (χ0) is 11.1. The normalized spacial score (nSPS) is 13.0. The molecule has 0 N–H and O–H groups in total. The topological polar surface area (TPSA) is 107 Å². The van der Waals surface area contributed by atoms with Crippen LogP contribution >= 0.6 is 0 Å². The molecule has 0 aromatic carbocycles. The van der Waals surface area contributed by atoms with Crippen molar-refractivity contribution in [2.24, 2.45) is 11.8 Å². The molecular weight excluding hydrogens is 184 g/mol. The van der Waals surface area contributed by atoms with Crippen LogP contribution in [-0.2, 0) is 9.59 Å². The van der Waals surface area contributed by atoms with Crippen molar-refractivity contribution in [2.75, 3.05) is 0 Å². The second kappa shape index (κ2) is 5.70. The van der Waals surface area contributed by atoms with Gasteiger partial charge in [0.2, 0.25) is 11.6 Å². The van der Waals surface area contributed by atoms with E-state index in [1.54, 1.807) is 0 Å². The first-order valence-corrected chi connectivity index (χ1v) is 3.97. The van der Waals surface area contributed by atoms with E-state index < -0.39 is 23.4 Å². The van der Waals surface area contributed by atoms with Crippen molar-refractivity contribution in [3.63, 3.8) is 0 Å². The van der Waals surface area contributed by atoms with Crippen LogP contribution in [0.4, 0.5) is 0 Å². The Balaban J connectivity index is 4.60. The molecule has 0 aliphatic heterocycles. The van der Waals surface area contributed by atoms with E-state index in [1.165, 1.54) is 13.8 Å². The first-order valence-electron chi connectivity index (χ1n) is 3.97. The Morgan fingerprint density at radius 3 is 1.50 bits per heavy atom. The van der Waals surface area contributed by atoms with E-state index in [1.807, 2.05) is 0 Å². The van der Waals surface area contributed by atoms with Gasteiger partial charge in [-0.05, 0) is 0 Å². The van der Waals surface area contributed by atoms with Crippen molar-refractivity contribution in [1.82, 2.24) is 0 Å². The number of carbonyl (C=O) groups is 2. The van der Waals surface area contributed by atoms with Crippen molar-refractivity contribution < 1.29 is 19.2 Å². The first kappa shape index (κ1) is 12.1. The van der Waals surface area contributed by atoms with Crippen LogP contribution in [0.1, 0.15) is 13.8 Å². The van der Waals surface area contributed by atoms with Crippen LogP contribution in [0.15, 0.2) is 0 Å². The van der Waals surface area contributed by atoms with E-state index in [0.29, 0.717) is 0 Å². The van der Waals surface area contributed by atoms with Crippen molar-refractivity contribution in [1.29, 1.82) is 0 Å². The Bertz CT molecular complexity index is 303. The van der Waals surface area contributed by atoms with Crippen molar-refractivity contribution in [2.45, 2.75) is 13.8 Å². The number of ketones is 2. The summed E-state index contributed by atoms with van der Waals surface area (Å²) < 4.78 is 0. The summed E-state index contributed by atoms with van der Waals surface area (Å²) >= 11 is 0. The standard InChI is InChI=1S/C8H10N4O2/c1-5(7(13)3-11-9)6(2)8(14)4-12-10/h3-6H,1-2H3. The third-order valence-corrected chi connectivity index (χ3v) is 2.02. The SMILES string of the molecule is CC(C(=O)C=[N+]=[N-])C(C)C(=O)C=[N+]=[N-]. The molecule has 0 radical (unpaired) electrons. The second-order valence-corrected chi connectivity index (χ2v) is 2.87. The smallest absolute Gasteiger partial charge is 0.323 e. The molecule has 0 spiro atoms. The van der Waals surface area contributed by atoms with E-state index in [0.717, 1.165) is 12.4 Å². The summed E-state index contributed by atoms with van der Waals surface area (Å²) in [5.41, 5.74) is 16.2. The monoisotopic (exact) mass is 194 g/mol. The van der Waals surface area contributed by atoms with Crippen LogP contribution in [0.3, 0.4) is 0 Å². The van der Waals surface area contributed by atoms with Crippen LogP contribution in [0.25, 0.3) is 11.1 Å². The van der Waals surface area contributed by atoms with Gasteiger partial charge >= 0.3 is 12.4 Å². The van der Waals surface area contributed by atoms with Crippen molar-refractivity contribution in [3.05, 3.63) is 11.1 Å². The summed E-state index contributed by atoms with van der Waals surface area (Å²) in [6.45, 7) is 3.05. The fourth-order valence-corrected chi connectivity index (χ4v) is 0.842. The maximum atomic E-state index is 11.1. The van der Waals surface area contributed by atoms with Gasteiger partial charge in [-0.15, -0.1) is 0 Å². The molecular formula is C8H10N4O2. The van der Waals surface area contributed by atoms with Gasteiger partial charge < -0.3 is 11.1 Å². The molecule has 0 heterocycles. The van der Waals surface area contributed by atoms with Crippen LogP contribution in [0.2, 0.25) is 0 Å². The zero-order valence-electron chi connectivity index (χ0n) is 7.91. The molecule has 0 aliphatic carbocycles. The molecule has 0 fully saturated rings. The van der Waals surface area contributed by atoms with Gasteiger partial charge in [-0.1, -0.05) is 13.8 Å². The molecule has 2 unspecified atom stereocenters. The highest BCUT2D eigenvalue weighted by Gasteiger charge is 2.27. The van der Waals surface area contributed by atoms with Gasteiger partial charge in [0.15, 0.2) is 0 Å². The minimum Gasteiger partial charge on any atom is -0.361 e. The predicted molar refractivity (Wildman–Crippen MR) is 47.7 cm³/mol. The average Bonchev–Trinajstić information content (AvgIpc) is 2.16. The fraction of sp³-hybridized carbons (Fsp3) is 0.500. The Kier molecular flexibility index (Phi) is 4.92. The number of hydrogen-bond donors (Lipinski definition) is 0. The number of Topliss-reactive ketones (excluding diaryl/α,β-unsaturated/α-hetero) is 2. The van der Waals surface area contributed by atoms with Crippen LogP contribution in [-0.4, -0.2) is 33.6 Å². The Hall–Kier alpha value is -1.90. The largest absolute Gasteiger partial charge is 0.361 e. The van der Waals surface area contributed by atoms with Crippen molar-refractivity contribution in [3.8, 4) is 0 Å². The molecule has 2 atom stereocenters. The molecule has 0 saturated carbocycles. The van der Waals surface area contributed by atoms with E-state index >= 15 is 0 Å². The molecule has 0 aromatic rings. The molecule has 0 aromatic heterocycles. The number of nitrogens with zero attached hydrogens (tertiary/aromatic N) is 4. The summed E-state index contributed by atoms with van der Waals surface area (Å²) in [5.74, 6) is -2.15. The van der Waals surface area contributed by atoms with Gasteiger partial charge in [0.05, 0.1) is 0 Å². The zero-order valence-corrected chi connectivity index (χ0v) is 7.91. The number of rotatable bonds is 5. The lowest BCUT2D eigenvalue weighted by atomic mass is 9.89. The predicted octanol–water partition coefficient (Wildman–Crippen LogP) is -0.00200. The molecule has 0 amide bonds. The lowest BCUT2D eigenvalue weighted by Gasteiger charge is -2.09. The maximum absolute atomic E-state index is 11.1. The number of carbonyl (C=O) groups excluding carboxylic acids is 2. The van der Waals surface area contributed by atoms with Crippen molar-refractivity contribution >= 4 is 24.0 Å². The van der Waals surface area contributed by atoms with Crippen LogP contribution < -0.4 is 0 Å². The molecule has 6 nitrogen and oxygen atoms in total. The average molecular weight is 194 g/mol. The summed E-state index contributed by atoms with van der Waals surface area (Å²) in [6, 6.07) is 0. The Morgan fingerprint density at radius 2 is 1.29 bits per heavy atom. The Morgan fingerprint density at radius 1 is 1.00 bits per heavy atom. The van der Waals surface area contributed by atoms with E-state index in [9.17, 15) is 9.59 Å². The van der Waals surface area contributed by atoms with Gasteiger partial charge in [-0.2, -0.15) is 9.58 Å². The van der Waals surface area contributed by atoms with Gasteiger partial charge in [0, 0.05) is 11.8 Å². The highest BCUT2D eigenvalue weighted by Crippen LogP contribution is 2.11. The molecule has 0 aliphatic rings. The first-order chi connectivity index (χ1) is 6.54. The van der Waals surface area contributed by atoms with Gasteiger partial charge in [-0.3, -0.25) is 9.59 Å². The second-order valence-electron chi connectivity index (χ2n) is 2.87. The molecule has 0 saturated heterocycles. The number of hydrogen-bond acceptors (Lipinski definition) is 2. The summed E-state index contributed by atoms with van der Waals surface area (Å²) in [4.78, 5) is 27.4. The fourth-order valence-electron chi connectivity index (χ4n) is 0.842. The maximum Gasteiger partial charge on any atom is 0.323 e. The lowest BCUT2D eigenvalue weighted by Crippen LogP contribution is -2.27. The minimum absolute atomic E-state index is 0.459. The third-order valence-electron chi connectivity index (χ3n) is 2.02. The summed E-state index contributed by atoms with van der Waals surface area (Å²) in [5, 5.41) is 0. The molecule has 0 rings (SSSR count). The van der Waals surface area contributed by atoms with E-state index in [2.05, 4.69) is 9.58 Å². The minimum atomic E-state index is -0.614. The molecule has 14 heavy (non-hydrogen) atoms. The molecule has 0 bridgehead atoms. The van der Waals surface area contributed by atoms with Gasteiger partial charge in [-0.25, -0.2) is 0 Å². The quantitative estimate of drug-likeness (QED) is 0.349. The van der Waals surface area contributed by atoms with Crippen LogP contribution in [0, 0.1) is 11.8 Å². The van der Waals surface area contributed by atoms with Crippen LogP contribution in [0.5, 0.6) is 0 Å². The van der Waals surface area contributed by atoms with E-state index in [4.69, 9.17) is 11.1 Å². The summed E-state index contributed by atoms with van der Waals surface area (Å²) in [6.07, 6.45) is 1.48. The van der Waals surface area contributed by atoms with Gasteiger partial charge in [0.1, 0.15) is 0 Å². The van der Waals surface area contributed by atoms with E-state index in [-0.39, 0.29) is 0 Å². The molecule has 74 valence electrons. The highest BCUT2D eigenvalue weighted by molar-refractivity contribution is 6.30. The van der Waals surface area contributed by atoms with Gasteiger partial charge in [0.25, 0.3) is 0 Å². The Labute approximate surface area is 80.8 Å². The molecule has 6 heteroatoms.